The molecule has 4 rings (SSSR count). The van der Waals surface area contributed by atoms with Gasteiger partial charge in [-0.05, 0) is 53.6 Å². The number of nitrogens with zero attached hydrogens (tertiary/aromatic N) is 2. The molecule has 1 aliphatic heterocycles. The number of nitrogens with two attached hydrogens (primary N) is 1. The van der Waals surface area contributed by atoms with Gasteiger partial charge in [-0.1, -0.05) is 42.4 Å². The molecule has 0 bridgehead atoms. The number of hydrogen-bond donors (Lipinski definition) is 1. The number of amides is 1. The van der Waals surface area contributed by atoms with Crippen molar-refractivity contribution in [1.29, 1.82) is 5.26 Å². The van der Waals surface area contributed by atoms with Gasteiger partial charge in [-0.15, -0.1) is 0 Å². The minimum atomic E-state index is 0.00212. The molecule has 1 aliphatic rings. The van der Waals surface area contributed by atoms with Crippen molar-refractivity contribution in [3.05, 3.63) is 95.0 Å². The summed E-state index contributed by atoms with van der Waals surface area (Å²) in [6, 6.07) is 22.0. The summed E-state index contributed by atoms with van der Waals surface area (Å²) in [5, 5.41) is 9.54. The summed E-state index contributed by atoms with van der Waals surface area (Å²) < 4.78 is 5.93. The van der Waals surface area contributed by atoms with E-state index in [4.69, 9.17) is 27.3 Å². The SMILES string of the molecule is C=C(N)c1cccc(N2C[C@@H](c3ccc(Cl)c(Oc4cccc(C#N)c4)c3)CC2=O)c1. The third-order valence-electron chi connectivity index (χ3n) is 5.27. The van der Waals surface area contributed by atoms with Crippen molar-refractivity contribution in [1.82, 2.24) is 0 Å². The molecule has 3 aromatic rings. The molecule has 0 spiro atoms. The van der Waals surface area contributed by atoms with Crippen LogP contribution in [-0.2, 0) is 4.79 Å². The highest BCUT2D eigenvalue weighted by atomic mass is 35.5. The predicted molar refractivity (Wildman–Crippen MR) is 122 cm³/mol. The van der Waals surface area contributed by atoms with Gasteiger partial charge >= 0.3 is 0 Å². The highest BCUT2D eigenvalue weighted by Crippen LogP contribution is 2.37. The highest BCUT2D eigenvalue weighted by Gasteiger charge is 2.32. The Hall–Kier alpha value is -3.75. The zero-order valence-electron chi connectivity index (χ0n) is 16.7. The fourth-order valence-electron chi connectivity index (χ4n) is 3.66. The number of carbonyl (C=O) groups is 1. The molecule has 0 unspecified atom stereocenters. The zero-order chi connectivity index (χ0) is 22.0. The fourth-order valence-corrected chi connectivity index (χ4v) is 3.82. The lowest BCUT2D eigenvalue weighted by atomic mass is 9.98. The van der Waals surface area contributed by atoms with Gasteiger partial charge in [-0.3, -0.25) is 4.79 Å². The van der Waals surface area contributed by atoms with Crippen LogP contribution in [0.1, 0.15) is 29.0 Å². The van der Waals surface area contributed by atoms with E-state index < -0.39 is 0 Å². The van der Waals surface area contributed by atoms with Crippen molar-refractivity contribution in [2.75, 3.05) is 11.4 Å². The van der Waals surface area contributed by atoms with Crippen LogP contribution in [-0.4, -0.2) is 12.5 Å². The Labute approximate surface area is 185 Å². The number of rotatable bonds is 5. The summed E-state index contributed by atoms with van der Waals surface area (Å²) in [7, 11) is 0. The normalized spacial score (nSPS) is 15.5. The summed E-state index contributed by atoms with van der Waals surface area (Å²) >= 11 is 6.34. The topological polar surface area (TPSA) is 79.3 Å². The minimum Gasteiger partial charge on any atom is -0.456 e. The number of carbonyl (C=O) groups excluding carboxylic acids is 1. The van der Waals surface area contributed by atoms with Gasteiger partial charge in [0, 0.05) is 30.3 Å². The maximum absolute atomic E-state index is 12.7. The molecule has 2 N–H and O–H groups in total. The third kappa shape index (κ3) is 4.40. The van der Waals surface area contributed by atoms with Crippen molar-refractivity contribution in [2.45, 2.75) is 12.3 Å². The molecule has 1 saturated heterocycles. The van der Waals surface area contributed by atoms with E-state index in [1.54, 1.807) is 35.2 Å². The summed E-state index contributed by atoms with van der Waals surface area (Å²) in [5.41, 5.74) is 9.34. The molecule has 1 atom stereocenters. The van der Waals surface area contributed by atoms with Crippen LogP contribution in [0.4, 0.5) is 5.69 Å². The number of anilines is 1. The first-order valence-corrected chi connectivity index (χ1v) is 10.1. The van der Waals surface area contributed by atoms with Gasteiger partial charge < -0.3 is 15.4 Å². The fraction of sp³-hybridized carbons (Fsp3) is 0.120. The molecule has 154 valence electrons. The molecule has 0 aromatic heterocycles. The second-order valence-corrected chi connectivity index (χ2v) is 7.82. The predicted octanol–water partition coefficient (Wildman–Crippen LogP) is 5.45. The van der Waals surface area contributed by atoms with Gasteiger partial charge in [0.1, 0.15) is 11.5 Å². The van der Waals surface area contributed by atoms with Crippen LogP contribution in [0.2, 0.25) is 5.02 Å². The molecule has 3 aromatic carbocycles. The van der Waals surface area contributed by atoms with Crippen LogP contribution in [0, 0.1) is 11.3 Å². The van der Waals surface area contributed by atoms with Crippen molar-refractivity contribution in [3.63, 3.8) is 0 Å². The molecule has 6 heteroatoms. The van der Waals surface area contributed by atoms with Gasteiger partial charge in [-0.2, -0.15) is 5.26 Å². The Morgan fingerprint density at radius 1 is 1.16 bits per heavy atom. The molecule has 31 heavy (non-hydrogen) atoms. The Balaban J connectivity index is 1.57. The summed E-state index contributed by atoms with van der Waals surface area (Å²) in [5.74, 6) is 1.06. The number of nitriles is 1. The average Bonchev–Trinajstić information content (AvgIpc) is 3.17. The van der Waals surface area contributed by atoms with E-state index in [1.807, 2.05) is 36.4 Å². The van der Waals surface area contributed by atoms with E-state index in [0.29, 0.717) is 40.7 Å². The van der Waals surface area contributed by atoms with E-state index in [1.165, 1.54) is 0 Å². The van der Waals surface area contributed by atoms with Crippen molar-refractivity contribution < 1.29 is 9.53 Å². The molecule has 1 fully saturated rings. The first kappa shape index (κ1) is 20.5. The average molecular weight is 430 g/mol. The Kier molecular flexibility index (Phi) is 5.66. The number of benzene rings is 3. The molecule has 0 saturated carbocycles. The lowest BCUT2D eigenvalue weighted by Gasteiger charge is -2.18. The van der Waals surface area contributed by atoms with E-state index in [0.717, 1.165) is 16.8 Å². The monoisotopic (exact) mass is 429 g/mol. The Morgan fingerprint density at radius 2 is 1.97 bits per heavy atom. The summed E-state index contributed by atoms with van der Waals surface area (Å²) in [6.07, 6.45) is 0.388. The Morgan fingerprint density at radius 3 is 2.74 bits per heavy atom. The zero-order valence-corrected chi connectivity index (χ0v) is 17.5. The molecule has 1 heterocycles. The van der Waals surface area contributed by atoms with Crippen molar-refractivity contribution in [3.8, 4) is 17.6 Å². The maximum Gasteiger partial charge on any atom is 0.227 e. The molecule has 1 amide bonds. The van der Waals surface area contributed by atoms with Crippen LogP contribution in [0.5, 0.6) is 11.5 Å². The third-order valence-corrected chi connectivity index (χ3v) is 5.58. The van der Waals surface area contributed by atoms with E-state index >= 15 is 0 Å². The smallest absolute Gasteiger partial charge is 0.227 e. The van der Waals surface area contributed by atoms with Crippen LogP contribution in [0.15, 0.2) is 73.3 Å². The molecular formula is C25H20ClN3O2. The van der Waals surface area contributed by atoms with E-state index in [2.05, 4.69) is 12.6 Å². The van der Waals surface area contributed by atoms with Crippen LogP contribution in [0.3, 0.4) is 0 Å². The minimum absolute atomic E-state index is 0.00212. The van der Waals surface area contributed by atoms with Crippen LogP contribution >= 0.6 is 11.6 Å². The van der Waals surface area contributed by atoms with Gasteiger partial charge in [0.25, 0.3) is 0 Å². The van der Waals surface area contributed by atoms with Gasteiger partial charge in [0.15, 0.2) is 0 Å². The van der Waals surface area contributed by atoms with E-state index in [-0.39, 0.29) is 11.8 Å². The van der Waals surface area contributed by atoms with Gasteiger partial charge in [-0.25, -0.2) is 0 Å². The lowest BCUT2D eigenvalue weighted by Crippen LogP contribution is -2.24. The first-order valence-electron chi connectivity index (χ1n) is 9.77. The number of ether oxygens (including phenoxy) is 1. The second-order valence-electron chi connectivity index (χ2n) is 7.41. The van der Waals surface area contributed by atoms with Gasteiger partial charge in [0.2, 0.25) is 5.91 Å². The highest BCUT2D eigenvalue weighted by molar-refractivity contribution is 6.32. The largest absolute Gasteiger partial charge is 0.456 e. The summed E-state index contributed by atoms with van der Waals surface area (Å²) in [4.78, 5) is 14.5. The molecule has 0 aliphatic carbocycles. The lowest BCUT2D eigenvalue weighted by molar-refractivity contribution is -0.117. The van der Waals surface area contributed by atoms with Crippen LogP contribution in [0.25, 0.3) is 5.70 Å². The number of hydrogen-bond acceptors (Lipinski definition) is 4. The molecular weight excluding hydrogens is 410 g/mol. The second kappa shape index (κ2) is 8.55. The molecule has 0 radical (unpaired) electrons. The van der Waals surface area contributed by atoms with Crippen molar-refractivity contribution in [2.24, 2.45) is 5.73 Å². The molecule has 5 nitrogen and oxygen atoms in total. The van der Waals surface area contributed by atoms with Gasteiger partial charge in [0.05, 0.1) is 16.7 Å². The first-order chi connectivity index (χ1) is 14.9. The quantitative estimate of drug-likeness (QED) is 0.584. The standard InChI is InChI=1S/C25H20ClN3O2/c1-16(28)18-5-3-6-21(11-18)29-15-20(13-25(29)30)19-8-9-23(26)24(12-19)31-22-7-2-4-17(10-22)14-27/h2-12,20H,1,13,15,28H2/t20-/m0/s1. The summed E-state index contributed by atoms with van der Waals surface area (Å²) in [6.45, 7) is 4.31. The maximum atomic E-state index is 12.7. The Bertz CT molecular complexity index is 1220. The van der Waals surface area contributed by atoms with Crippen molar-refractivity contribution >= 4 is 28.9 Å². The number of halogens is 1. The van der Waals surface area contributed by atoms with Crippen LogP contribution < -0.4 is 15.4 Å². The van der Waals surface area contributed by atoms with E-state index in [9.17, 15) is 4.79 Å².